The van der Waals surface area contributed by atoms with Gasteiger partial charge in [-0.25, -0.2) is 4.68 Å². The van der Waals surface area contributed by atoms with E-state index in [2.05, 4.69) is 20.6 Å². The van der Waals surface area contributed by atoms with Gasteiger partial charge in [-0.15, -0.1) is 11.3 Å². The van der Waals surface area contributed by atoms with Crippen molar-refractivity contribution in [2.75, 3.05) is 25.0 Å². The standard InChI is InChI=1S/C23H27N5O2S/c1-16-22(17(2)28(26-16)19-7-4-3-5-8-19)25-21(29)15-27-12-10-18(11-13-27)24-23(30)20-9-6-14-31-20/h3-9,14,18H,10-13,15H2,1-2H3,(H,24,30)(H,25,29). The third kappa shape index (κ3) is 5.03. The van der Waals surface area contributed by atoms with Gasteiger partial charge in [0.25, 0.3) is 5.91 Å². The Morgan fingerprint density at radius 2 is 1.84 bits per heavy atom. The Morgan fingerprint density at radius 1 is 1.10 bits per heavy atom. The van der Waals surface area contributed by atoms with Crippen molar-refractivity contribution in [1.82, 2.24) is 20.0 Å². The molecule has 7 nitrogen and oxygen atoms in total. The predicted molar refractivity (Wildman–Crippen MR) is 123 cm³/mol. The first-order chi connectivity index (χ1) is 15.0. The minimum absolute atomic E-state index is 0.00688. The first-order valence-corrected chi connectivity index (χ1v) is 11.4. The van der Waals surface area contributed by atoms with Crippen LogP contribution in [0.4, 0.5) is 5.69 Å². The summed E-state index contributed by atoms with van der Waals surface area (Å²) in [4.78, 5) is 27.8. The van der Waals surface area contributed by atoms with Crippen LogP contribution in [0.3, 0.4) is 0 Å². The Kier molecular flexibility index (Phi) is 6.48. The van der Waals surface area contributed by atoms with Crippen LogP contribution in [0, 0.1) is 13.8 Å². The predicted octanol–water partition coefficient (Wildman–Crippen LogP) is 3.38. The highest BCUT2D eigenvalue weighted by atomic mass is 32.1. The number of likely N-dealkylation sites (tertiary alicyclic amines) is 1. The molecule has 0 spiro atoms. The summed E-state index contributed by atoms with van der Waals surface area (Å²) in [5.74, 6) is -0.0487. The van der Waals surface area contributed by atoms with Crippen LogP contribution in [0.1, 0.15) is 33.9 Å². The third-order valence-corrected chi connectivity index (χ3v) is 6.46. The van der Waals surface area contributed by atoms with Gasteiger partial charge in [0.15, 0.2) is 0 Å². The molecule has 31 heavy (non-hydrogen) atoms. The molecule has 3 heterocycles. The molecular formula is C23H27N5O2S. The van der Waals surface area contributed by atoms with E-state index in [1.165, 1.54) is 11.3 Å². The molecule has 1 aliphatic heterocycles. The van der Waals surface area contributed by atoms with E-state index in [0.29, 0.717) is 6.54 Å². The van der Waals surface area contributed by atoms with E-state index in [1.807, 2.05) is 66.4 Å². The van der Waals surface area contributed by atoms with Gasteiger partial charge in [0, 0.05) is 19.1 Å². The Hall–Kier alpha value is -2.97. The molecule has 0 atom stereocenters. The maximum atomic E-state index is 12.7. The molecule has 0 saturated carbocycles. The van der Waals surface area contributed by atoms with Crippen LogP contribution in [0.25, 0.3) is 5.69 Å². The number of benzene rings is 1. The van der Waals surface area contributed by atoms with Crippen LogP contribution in [-0.4, -0.2) is 52.2 Å². The van der Waals surface area contributed by atoms with Crippen molar-refractivity contribution < 1.29 is 9.59 Å². The number of hydrogen-bond donors (Lipinski definition) is 2. The summed E-state index contributed by atoms with van der Waals surface area (Å²) in [7, 11) is 0. The molecule has 2 aromatic heterocycles. The second-order valence-electron chi connectivity index (χ2n) is 7.84. The van der Waals surface area contributed by atoms with E-state index < -0.39 is 0 Å². The summed E-state index contributed by atoms with van der Waals surface area (Å²) < 4.78 is 1.85. The van der Waals surface area contributed by atoms with Gasteiger partial charge in [0.05, 0.1) is 34.2 Å². The van der Waals surface area contributed by atoms with Crippen molar-refractivity contribution in [2.45, 2.75) is 32.7 Å². The summed E-state index contributed by atoms with van der Waals surface area (Å²) in [6.07, 6.45) is 1.68. The van der Waals surface area contributed by atoms with Crippen LogP contribution >= 0.6 is 11.3 Å². The molecule has 1 aromatic carbocycles. The number of nitrogens with one attached hydrogen (secondary N) is 2. The zero-order chi connectivity index (χ0) is 21.8. The summed E-state index contributed by atoms with van der Waals surface area (Å²) in [5.41, 5.74) is 3.44. The smallest absolute Gasteiger partial charge is 0.261 e. The van der Waals surface area contributed by atoms with Gasteiger partial charge in [-0.2, -0.15) is 5.10 Å². The number of hydrogen-bond acceptors (Lipinski definition) is 5. The number of piperidine rings is 1. The molecule has 162 valence electrons. The number of aryl methyl sites for hydroxylation is 1. The molecule has 0 bridgehead atoms. The van der Waals surface area contributed by atoms with Crippen LogP contribution < -0.4 is 10.6 Å². The number of anilines is 1. The quantitative estimate of drug-likeness (QED) is 0.620. The summed E-state index contributed by atoms with van der Waals surface area (Å²) in [6, 6.07) is 13.8. The normalized spacial score (nSPS) is 15.0. The monoisotopic (exact) mass is 437 g/mol. The fourth-order valence-corrected chi connectivity index (χ4v) is 4.55. The Morgan fingerprint density at radius 3 is 2.52 bits per heavy atom. The van der Waals surface area contributed by atoms with Crippen LogP contribution in [0.15, 0.2) is 47.8 Å². The van der Waals surface area contributed by atoms with Crippen LogP contribution in [0.2, 0.25) is 0 Å². The minimum atomic E-state index is -0.0418. The van der Waals surface area contributed by atoms with E-state index in [4.69, 9.17) is 0 Å². The number of carbonyl (C=O) groups excluding carboxylic acids is 2. The molecule has 8 heteroatoms. The molecule has 2 N–H and O–H groups in total. The highest BCUT2D eigenvalue weighted by molar-refractivity contribution is 7.12. The molecule has 1 saturated heterocycles. The number of nitrogens with zero attached hydrogens (tertiary/aromatic N) is 3. The first-order valence-electron chi connectivity index (χ1n) is 10.5. The number of rotatable bonds is 6. The lowest BCUT2D eigenvalue weighted by Gasteiger charge is -2.31. The molecule has 1 aliphatic rings. The van der Waals surface area contributed by atoms with E-state index in [1.54, 1.807) is 0 Å². The Bertz CT molecular complexity index is 1040. The summed E-state index contributed by atoms with van der Waals surface area (Å²) >= 11 is 1.45. The fraction of sp³-hybridized carbons (Fsp3) is 0.348. The zero-order valence-corrected chi connectivity index (χ0v) is 18.6. The van der Waals surface area contributed by atoms with Crippen LogP contribution in [0.5, 0.6) is 0 Å². The second-order valence-corrected chi connectivity index (χ2v) is 8.79. The lowest BCUT2D eigenvalue weighted by atomic mass is 10.0. The molecule has 1 fully saturated rings. The fourth-order valence-electron chi connectivity index (χ4n) is 3.93. The van der Waals surface area contributed by atoms with Gasteiger partial charge in [0.2, 0.25) is 5.91 Å². The zero-order valence-electron chi connectivity index (χ0n) is 17.8. The third-order valence-electron chi connectivity index (χ3n) is 5.59. The van der Waals surface area contributed by atoms with Gasteiger partial charge in [0.1, 0.15) is 0 Å². The van der Waals surface area contributed by atoms with Gasteiger partial charge in [-0.05, 0) is 50.3 Å². The number of thiophene rings is 1. The second kappa shape index (κ2) is 9.45. The highest BCUT2D eigenvalue weighted by Gasteiger charge is 2.23. The van der Waals surface area contributed by atoms with Crippen molar-refractivity contribution in [1.29, 1.82) is 0 Å². The number of amides is 2. The molecule has 3 aromatic rings. The van der Waals surface area contributed by atoms with Crippen molar-refractivity contribution in [3.05, 3.63) is 64.1 Å². The van der Waals surface area contributed by atoms with Crippen LogP contribution in [-0.2, 0) is 4.79 Å². The van der Waals surface area contributed by atoms with Gasteiger partial charge in [-0.3, -0.25) is 14.5 Å². The SMILES string of the molecule is Cc1nn(-c2ccccc2)c(C)c1NC(=O)CN1CCC(NC(=O)c2cccs2)CC1. The van der Waals surface area contributed by atoms with E-state index >= 15 is 0 Å². The molecular weight excluding hydrogens is 410 g/mol. The topological polar surface area (TPSA) is 79.3 Å². The van der Waals surface area contributed by atoms with Gasteiger partial charge >= 0.3 is 0 Å². The van der Waals surface area contributed by atoms with Crippen molar-refractivity contribution in [2.24, 2.45) is 0 Å². The van der Waals surface area contributed by atoms with Crippen molar-refractivity contribution in [3.8, 4) is 5.69 Å². The van der Waals surface area contributed by atoms with E-state index in [-0.39, 0.29) is 17.9 Å². The molecule has 2 amide bonds. The van der Waals surface area contributed by atoms with Crippen molar-refractivity contribution >= 4 is 28.8 Å². The number of carbonyl (C=O) groups is 2. The maximum absolute atomic E-state index is 12.7. The lowest BCUT2D eigenvalue weighted by molar-refractivity contribution is -0.117. The minimum Gasteiger partial charge on any atom is -0.349 e. The van der Waals surface area contributed by atoms with Crippen molar-refractivity contribution in [3.63, 3.8) is 0 Å². The number of aromatic nitrogens is 2. The summed E-state index contributed by atoms with van der Waals surface area (Å²) in [5, 5.41) is 12.6. The largest absolute Gasteiger partial charge is 0.349 e. The van der Waals surface area contributed by atoms with Gasteiger partial charge in [-0.1, -0.05) is 24.3 Å². The highest BCUT2D eigenvalue weighted by Crippen LogP contribution is 2.23. The Labute approximate surface area is 186 Å². The molecule has 0 aliphatic carbocycles. The van der Waals surface area contributed by atoms with Gasteiger partial charge < -0.3 is 10.6 Å². The maximum Gasteiger partial charge on any atom is 0.261 e. The lowest BCUT2D eigenvalue weighted by Crippen LogP contribution is -2.46. The van der Waals surface area contributed by atoms with E-state index in [0.717, 1.165) is 53.6 Å². The summed E-state index contributed by atoms with van der Waals surface area (Å²) in [6.45, 7) is 5.77. The molecule has 0 unspecified atom stereocenters. The average Bonchev–Trinajstić information content (AvgIpc) is 3.40. The number of para-hydroxylation sites is 1. The first kappa shape index (κ1) is 21.3. The average molecular weight is 438 g/mol. The molecule has 0 radical (unpaired) electrons. The molecule has 4 rings (SSSR count). The van der Waals surface area contributed by atoms with E-state index in [9.17, 15) is 9.59 Å². The Balaban J connectivity index is 1.29.